The normalized spacial score (nSPS) is 34.1. The molecule has 2 aromatic rings. The molecule has 7 rings (SSSR count). The Balaban J connectivity index is 1.23. The Labute approximate surface area is 174 Å². The standard InChI is InChI=1S/C27H30N2/c1-2-7-25-19(4-1)10-11-20-5-3-6-23-24-17-28(13-12-26(24)29(25)27(20)23)16-22-15-18-8-9-21(22)14-18/h1-9,18,21-22,24,26H,10-17H2/t18?,21?,22?,24-,26+/m0/s1. The van der Waals surface area contributed by atoms with Crippen molar-refractivity contribution in [3.8, 4) is 0 Å². The summed E-state index contributed by atoms with van der Waals surface area (Å²) in [5, 5.41) is 0. The van der Waals surface area contributed by atoms with Crippen LogP contribution in [-0.4, -0.2) is 30.6 Å². The van der Waals surface area contributed by atoms with Gasteiger partial charge in [0.1, 0.15) is 0 Å². The lowest BCUT2D eigenvalue weighted by Crippen LogP contribution is -2.46. The van der Waals surface area contributed by atoms with Crippen LogP contribution < -0.4 is 4.90 Å². The van der Waals surface area contributed by atoms with E-state index in [2.05, 4.69) is 64.4 Å². The molecule has 0 N–H and O–H groups in total. The molecule has 3 heterocycles. The Morgan fingerprint density at radius 3 is 2.69 bits per heavy atom. The van der Waals surface area contributed by atoms with Gasteiger partial charge in [-0.25, -0.2) is 0 Å². The molecule has 0 spiro atoms. The maximum atomic E-state index is 2.82. The van der Waals surface area contributed by atoms with Gasteiger partial charge in [-0.3, -0.25) is 0 Å². The molecule has 2 aromatic carbocycles. The first-order chi connectivity index (χ1) is 14.3. The Bertz CT molecular complexity index is 992. The van der Waals surface area contributed by atoms with Crippen molar-refractivity contribution >= 4 is 11.4 Å². The fraction of sp³-hybridized carbons (Fsp3) is 0.481. The third kappa shape index (κ3) is 2.45. The Morgan fingerprint density at radius 1 is 0.897 bits per heavy atom. The predicted octanol–water partition coefficient (Wildman–Crippen LogP) is 5.31. The number of piperidine rings is 1. The van der Waals surface area contributed by atoms with E-state index in [0.29, 0.717) is 12.0 Å². The topological polar surface area (TPSA) is 6.48 Å². The number of benzene rings is 2. The minimum absolute atomic E-state index is 0.640. The summed E-state index contributed by atoms with van der Waals surface area (Å²) < 4.78 is 0. The van der Waals surface area contributed by atoms with Gasteiger partial charge in [0.15, 0.2) is 0 Å². The fourth-order valence-corrected chi connectivity index (χ4v) is 7.32. The molecule has 3 aliphatic heterocycles. The van der Waals surface area contributed by atoms with E-state index in [-0.39, 0.29) is 0 Å². The molecule has 3 unspecified atom stereocenters. The molecule has 2 aliphatic carbocycles. The predicted molar refractivity (Wildman–Crippen MR) is 119 cm³/mol. The van der Waals surface area contributed by atoms with E-state index in [1.165, 1.54) is 63.0 Å². The maximum absolute atomic E-state index is 2.82. The third-order valence-corrected chi connectivity index (χ3v) is 8.61. The molecule has 2 fully saturated rings. The Hall–Kier alpha value is -2.06. The highest BCUT2D eigenvalue weighted by Crippen LogP contribution is 2.52. The second-order valence-electron chi connectivity index (χ2n) is 10.1. The molecule has 148 valence electrons. The number of nitrogens with zero attached hydrogens (tertiary/aromatic N) is 2. The van der Waals surface area contributed by atoms with Gasteiger partial charge in [0.2, 0.25) is 0 Å². The monoisotopic (exact) mass is 382 g/mol. The quantitative estimate of drug-likeness (QED) is 0.650. The van der Waals surface area contributed by atoms with Crippen molar-refractivity contribution in [3.05, 3.63) is 71.3 Å². The summed E-state index contributed by atoms with van der Waals surface area (Å²) in [5.41, 5.74) is 7.78. The first-order valence-electron chi connectivity index (χ1n) is 11.7. The summed E-state index contributed by atoms with van der Waals surface area (Å²) in [5.74, 6) is 3.33. The number of allylic oxidation sites excluding steroid dienone is 2. The number of rotatable bonds is 2. The SMILES string of the molecule is C1=CC2CC1CC2CN1CC[C@@H]2[C@@H](C1)c1cccc3c1N2c1ccccc1CC3. The van der Waals surface area contributed by atoms with Crippen LogP contribution in [0.3, 0.4) is 0 Å². The summed E-state index contributed by atoms with van der Waals surface area (Å²) in [6.07, 6.45) is 11.5. The zero-order valence-electron chi connectivity index (χ0n) is 17.1. The molecule has 2 nitrogen and oxygen atoms in total. The zero-order chi connectivity index (χ0) is 18.9. The van der Waals surface area contributed by atoms with Crippen LogP contribution in [0.25, 0.3) is 0 Å². The number of fused-ring (bicyclic) bond motifs is 7. The van der Waals surface area contributed by atoms with Crippen LogP contribution in [0, 0.1) is 17.8 Å². The van der Waals surface area contributed by atoms with Crippen molar-refractivity contribution in [2.45, 2.75) is 44.1 Å². The van der Waals surface area contributed by atoms with Crippen molar-refractivity contribution < 1.29 is 0 Å². The van der Waals surface area contributed by atoms with E-state index in [4.69, 9.17) is 0 Å². The van der Waals surface area contributed by atoms with Crippen LogP contribution in [-0.2, 0) is 12.8 Å². The minimum Gasteiger partial charge on any atom is -0.337 e. The molecule has 1 saturated heterocycles. The molecule has 2 heteroatoms. The summed E-state index contributed by atoms with van der Waals surface area (Å²) in [7, 11) is 0. The van der Waals surface area contributed by atoms with Crippen molar-refractivity contribution in [1.82, 2.24) is 4.90 Å². The number of anilines is 2. The van der Waals surface area contributed by atoms with E-state index in [9.17, 15) is 0 Å². The largest absolute Gasteiger partial charge is 0.337 e. The molecule has 0 aromatic heterocycles. The molecular weight excluding hydrogens is 352 g/mol. The summed E-state index contributed by atoms with van der Waals surface area (Å²) in [6.45, 7) is 3.83. The van der Waals surface area contributed by atoms with E-state index in [1.54, 1.807) is 16.8 Å². The van der Waals surface area contributed by atoms with Gasteiger partial charge in [-0.15, -0.1) is 0 Å². The van der Waals surface area contributed by atoms with Crippen LogP contribution in [0.5, 0.6) is 0 Å². The summed E-state index contributed by atoms with van der Waals surface area (Å²) in [6, 6.07) is 17.0. The zero-order valence-corrected chi connectivity index (χ0v) is 17.1. The number of hydrogen-bond donors (Lipinski definition) is 0. The van der Waals surface area contributed by atoms with E-state index >= 15 is 0 Å². The van der Waals surface area contributed by atoms with Crippen molar-refractivity contribution in [2.24, 2.45) is 17.8 Å². The van der Waals surface area contributed by atoms with Crippen molar-refractivity contribution in [3.63, 3.8) is 0 Å². The van der Waals surface area contributed by atoms with Gasteiger partial charge in [-0.05, 0) is 72.6 Å². The lowest BCUT2D eigenvalue weighted by Gasteiger charge is -2.40. The van der Waals surface area contributed by atoms with Gasteiger partial charge in [-0.1, -0.05) is 48.6 Å². The average Bonchev–Trinajstić information content (AvgIpc) is 3.42. The first-order valence-corrected chi connectivity index (χ1v) is 11.7. The number of hydrogen-bond acceptors (Lipinski definition) is 2. The smallest absolute Gasteiger partial charge is 0.0483 e. The Kier molecular flexibility index (Phi) is 3.58. The maximum Gasteiger partial charge on any atom is 0.0483 e. The Morgan fingerprint density at radius 2 is 1.79 bits per heavy atom. The number of likely N-dealkylation sites (tertiary alicyclic amines) is 1. The van der Waals surface area contributed by atoms with Crippen molar-refractivity contribution in [1.29, 1.82) is 0 Å². The van der Waals surface area contributed by atoms with E-state index < -0.39 is 0 Å². The average molecular weight is 383 g/mol. The first kappa shape index (κ1) is 16.7. The highest BCUT2D eigenvalue weighted by atomic mass is 15.2. The van der Waals surface area contributed by atoms with Gasteiger partial charge in [0, 0.05) is 43.0 Å². The molecule has 5 atom stereocenters. The molecule has 2 bridgehead atoms. The number of aryl methyl sites for hydroxylation is 2. The second kappa shape index (κ2) is 6.22. The fourth-order valence-electron chi connectivity index (χ4n) is 7.32. The van der Waals surface area contributed by atoms with Crippen molar-refractivity contribution in [2.75, 3.05) is 24.5 Å². The minimum atomic E-state index is 0.640. The van der Waals surface area contributed by atoms with Gasteiger partial charge in [0.05, 0.1) is 0 Å². The molecule has 5 aliphatic rings. The van der Waals surface area contributed by atoms with Gasteiger partial charge < -0.3 is 9.80 Å². The molecule has 0 radical (unpaired) electrons. The highest BCUT2D eigenvalue weighted by molar-refractivity contribution is 5.79. The van der Waals surface area contributed by atoms with Crippen LogP contribution >= 0.6 is 0 Å². The van der Waals surface area contributed by atoms with Crippen LogP contribution in [0.2, 0.25) is 0 Å². The van der Waals surface area contributed by atoms with Gasteiger partial charge in [-0.2, -0.15) is 0 Å². The highest BCUT2D eigenvalue weighted by Gasteiger charge is 2.45. The lowest BCUT2D eigenvalue weighted by molar-refractivity contribution is 0.160. The van der Waals surface area contributed by atoms with E-state index in [1.807, 2.05) is 0 Å². The second-order valence-corrected chi connectivity index (χ2v) is 10.1. The van der Waals surface area contributed by atoms with E-state index in [0.717, 1.165) is 17.8 Å². The summed E-state index contributed by atoms with van der Waals surface area (Å²) >= 11 is 0. The molecule has 1 saturated carbocycles. The van der Waals surface area contributed by atoms with Crippen LogP contribution in [0.15, 0.2) is 54.6 Å². The lowest BCUT2D eigenvalue weighted by atomic mass is 9.86. The molecule has 29 heavy (non-hydrogen) atoms. The van der Waals surface area contributed by atoms with Crippen LogP contribution in [0.4, 0.5) is 11.4 Å². The van der Waals surface area contributed by atoms with Crippen LogP contribution in [0.1, 0.15) is 41.9 Å². The number of para-hydroxylation sites is 2. The molecule has 0 amide bonds. The van der Waals surface area contributed by atoms with Gasteiger partial charge in [0.25, 0.3) is 0 Å². The van der Waals surface area contributed by atoms with Gasteiger partial charge >= 0.3 is 0 Å². The third-order valence-electron chi connectivity index (χ3n) is 8.61. The molecular formula is C27H30N2. The summed E-state index contributed by atoms with van der Waals surface area (Å²) in [4.78, 5) is 5.58.